The normalized spacial score (nSPS) is 16.9. The van der Waals surface area contributed by atoms with Gasteiger partial charge in [-0.1, -0.05) is 6.92 Å². The van der Waals surface area contributed by atoms with Gasteiger partial charge in [-0.15, -0.1) is 0 Å². The quantitative estimate of drug-likeness (QED) is 0.622. The fourth-order valence-corrected chi connectivity index (χ4v) is 2.91. The SMILES string of the molecule is CC(CNc1cc(F)c(Br)cc1[N+](=O)[O-])CN1CCCC1. The highest BCUT2D eigenvalue weighted by atomic mass is 79.9. The molecule has 1 unspecified atom stereocenters. The Morgan fingerprint density at radius 3 is 2.76 bits per heavy atom. The van der Waals surface area contributed by atoms with Crippen molar-refractivity contribution in [3.8, 4) is 0 Å². The highest BCUT2D eigenvalue weighted by Crippen LogP contribution is 2.30. The van der Waals surface area contributed by atoms with Crippen LogP contribution in [0.25, 0.3) is 0 Å². The minimum absolute atomic E-state index is 0.102. The summed E-state index contributed by atoms with van der Waals surface area (Å²) in [6.45, 7) is 5.87. The van der Waals surface area contributed by atoms with E-state index in [1.165, 1.54) is 25.0 Å². The molecule has 0 aromatic heterocycles. The summed E-state index contributed by atoms with van der Waals surface area (Å²) in [5.74, 6) is -0.162. The van der Waals surface area contributed by atoms with Crippen LogP contribution in [0.4, 0.5) is 15.8 Å². The maximum Gasteiger partial charge on any atom is 0.293 e. The van der Waals surface area contributed by atoms with E-state index in [1.54, 1.807) is 0 Å². The van der Waals surface area contributed by atoms with Gasteiger partial charge in [-0.05, 0) is 47.8 Å². The van der Waals surface area contributed by atoms with Crippen molar-refractivity contribution in [3.05, 3.63) is 32.5 Å². The Labute approximate surface area is 131 Å². The predicted octanol–water partition coefficient (Wildman–Crippen LogP) is 3.64. The Bertz CT molecular complexity index is 521. The van der Waals surface area contributed by atoms with E-state index in [4.69, 9.17) is 0 Å². The smallest absolute Gasteiger partial charge is 0.293 e. The van der Waals surface area contributed by atoms with Crippen molar-refractivity contribution in [1.82, 2.24) is 4.90 Å². The second-order valence-corrected chi connectivity index (χ2v) is 6.39. The van der Waals surface area contributed by atoms with Gasteiger partial charge in [-0.2, -0.15) is 0 Å². The molecule has 0 bridgehead atoms. The molecule has 7 heteroatoms. The highest BCUT2D eigenvalue weighted by Gasteiger charge is 2.19. The van der Waals surface area contributed by atoms with Crippen molar-refractivity contribution in [2.75, 3.05) is 31.5 Å². The molecule has 21 heavy (non-hydrogen) atoms. The van der Waals surface area contributed by atoms with Gasteiger partial charge in [-0.3, -0.25) is 10.1 Å². The van der Waals surface area contributed by atoms with Crippen LogP contribution < -0.4 is 5.32 Å². The maximum atomic E-state index is 13.6. The van der Waals surface area contributed by atoms with Gasteiger partial charge >= 0.3 is 0 Å². The molecule has 0 radical (unpaired) electrons. The molecule has 1 heterocycles. The number of nitro benzene ring substituents is 1. The Morgan fingerprint density at radius 1 is 1.48 bits per heavy atom. The van der Waals surface area contributed by atoms with E-state index in [9.17, 15) is 14.5 Å². The first-order valence-corrected chi connectivity index (χ1v) is 7.86. The molecule has 0 saturated carbocycles. The number of rotatable bonds is 6. The average Bonchev–Trinajstić information content (AvgIpc) is 2.92. The van der Waals surface area contributed by atoms with E-state index in [0.717, 1.165) is 19.6 Å². The largest absolute Gasteiger partial charge is 0.379 e. The Balaban J connectivity index is 1.98. The average molecular weight is 360 g/mol. The number of anilines is 1. The molecule has 1 aliphatic heterocycles. The molecule has 1 fully saturated rings. The van der Waals surface area contributed by atoms with Crippen LogP contribution in [0.2, 0.25) is 0 Å². The summed E-state index contributed by atoms with van der Waals surface area (Å²) in [6, 6.07) is 2.37. The van der Waals surface area contributed by atoms with Crippen LogP contribution in [0.5, 0.6) is 0 Å². The third kappa shape index (κ3) is 4.38. The van der Waals surface area contributed by atoms with Crippen LogP contribution in [-0.4, -0.2) is 36.0 Å². The van der Waals surface area contributed by atoms with Gasteiger partial charge in [0, 0.05) is 25.2 Å². The molecule has 0 amide bonds. The lowest BCUT2D eigenvalue weighted by Gasteiger charge is -2.20. The summed E-state index contributed by atoms with van der Waals surface area (Å²) in [6.07, 6.45) is 2.48. The number of nitrogens with one attached hydrogen (secondary N) is 1. The van der Waals surface area contributed by atoms with E-state index in [2.05, 4.69) is 33.1 Å². The third-order valence-electron chi connectivity index (χ3n) is 3.64. The van der Waals surface area contributed by atoms with E-state index in [-0.39, 0.29) is 15.8 Å². The molecule has 1 aromatic carbocycles. The molecule has 1 saturated heterocycles. The lowest BCUT2D eigenvalue weighted by molar-refractivity contribution is -0.384. The van der Waals surface area contributed by atoms with E-state index >= 15 is 0 Å². The zero-order chi connectivity index (χ0) is 15.4. The molecule has 0 spiro atoms. The fraction of sp³-hybridized carbons (Fsp3) is 0.571. The first-order valence-electron chi connectivity index (χ1n) is 7.07. The van der Waals surface area contributed by atoms with Crippen molar-refractivity contribution in [2.45, 2.75) is 19.8 Å². The van der Waals surface area contributed by atoms with Crippen molar-refractivity contribution in [2.24, 2.45) is 5.92 Å². The zero-order valence-corrected chi connectivity index (χ0v) is 13.5. The number of halogens is 2. The van der Waals surface area contributed by atoms with Crippen LogP contribution >= 0.6 is 15.9 Å². The number of hydrogen-bond donors (Lipinski definition) is 1. The summed E-state index contributed by atoms with van der Waals surface area (Å²) >= 11 is 2.97. The van der Waals surface area contributed by atoms with Crippen LogP contribution in [0.1, 0.15) is 19.8 Å². The highest BCUT2D eigenvalue weighted by molar-refractivity contribution is 9.10. The minimum Gasteiger partial charge on any atom is -0.379 e. The topological polar surface area (TPSA) is 58.4 Å². The summed E-state index contributed by atoms with van der Waals surface area (Å²) in [5.41, 5.74) is 0.116. The van der Waals surface area contributed by atoms with Crippen molar-refractivity contribution in [1.29, 1.82) is 0 Å². The van der Waals surface area contributed by atoms with Crippen molar-refractivity contribution < 1.29 is 9.31 Å². The third-order valence-corrected chi connectivity index (χ3v) is 4.25. The molecule has 5 nitrogen and oxygen atoms in total. The lowest BCUT2D eigenvalue weighted by atomic mass is 10.1. The van der Waals surface area contributed by atoms with Gasteiger partial charge < -0.3 is 10.2 Å². The summed E-state index contributed by atoms with van der Waals surface area (Å²) in [4.78, 5) is 12.9. The van der Waals surface area contributed by atoms with Crippen LogP contribution in [-0.2, 0) is 0 Å². The van der Waals surface area contributed by atoms with E-state index < -0.39 is 10.7 Å². The Kier molecular flexibility index (Phi) is 5.52. The molecule has 1 aliphatic rings. The summed E-state index contributed by atoms with van der Waals surface area (Å²) in [7, 11) is 0. The number of benzene rings is 1. The van der Waals surface area contributed by atoms with Gasteiger partial charge in [0.25, 0.3) is 5.69 Å². The van der Waals surface area contributed by atoms with E-state index in [1.807, 2.05) is 0 Å². The molecule has 116 valence electrons. The maximum absolute atomic E-state index is 13.6. The molecule has 0 aliphatic carbocycles. The zero-order valence-electron chi connectivity index (χ0n) is 11.9. The van der Waals surface area contributed by atoms with Gasteiger partial charge in [0.1, 0.15) is 11.5 Å². The lowest BCUT2D eigenvalue weighted by Crippen LogP contribution is -2.29. The summed E-state index contributed by atoms with van der Waals surface area (Å²) in [5, 5.41) is 14.0. The van der Waals surface area contributed by atoms with Gasteiger partial charge in [-0.25, -0.2) is 4.39 Å². The van der Waals surface area contributed by atoms with Gasteiger partial charge in [0.05, 0.1) is 9.40 Å². The Morgan fingerprint density at radius 2 is 2.14 bits per heavy atom. The molecule has 2 rings (SSSR count). The number of nitrogens with zero attached hydrogens (tertiary/aromatic N) is 2. The second-order valence-electron chi connectivity index (χ2n) is 5.53. The molecular formula is C14H19BrFN3O2. The standard InChI is InChI=1S/C14H19BrFN3O2/c1-10(9-18-4-2-3-5-18)8-17-13-7-12(16)11(15)6-14(13)19(20)21/h6-7,10,17H,2-5,8-9H2,1H3. The first kappa shape index (κ1) is 16.2. The fourth-order valence-electron chi connectivity index (χ4n) is 2.58. The van der Waals surface area contributed by atoms with E-state index in [0.29, 0.717) is 12.5 Å². The monoisotopic (exact) mass is 359 g/mol. The number of hydrogen-bond acceptors (Lipinski definition) is 4. The Hall–Kier alpha value is -1.21. The van der Waals surface area contributed by atoms with Crippen LogP contribution in [0.15, 0.2) is 16.6 Å². The molecular weight excluding hydrogens is 341 g/mol. The molecule has 1 aromatic rings. The minimum atomic E-state index is -0.504. The van der Waals surface area contributed by atoms with Gasteiger partial charge in [0.15, 0.2) is 0 Å². The predicted molar refractivity (Wildman–Crippen MR) is 84.1 cm³/mol. The first-order chi connectivity index (χ1) is 9.97. The molecule has 1 N–H and O–H groups in total. The van der Waals surface area contributed by atoms with Crippen molar-refractivity contribution >= 4 is 27.3 Å². The number of likely N-dealkylation sites (tertiary alicyclic amines) is 1. The van der Waals surface area contributed by atoms with Gasteiger partial charge in [0.2, 0.25) is 0 Å². The van der Waals surface area contributed by atoms with Crippen LogP contribution in [0.3, 0.4) is 0 Å². The van der Waals surface area contributed by atoms with Crippen LogP contribution in [0, 0.1) is 21.8 Å². The van der Waals surface area contributed by atoms with Crippen molar-refractivity contribution in [3.63, 3.8) is 0 Å². The summed E-state index contributed by atoms with van der Waals surface area (Å²) < 4.78 is 13.7. The number of nitro groups is 1. The molecule has 1 atom stereocenters. The second kappa shape index (κ2) is 7.17.